The lowest BCUT2D eigenvalue weighted by Crippen LogP contribution is -2.08. The highest BCUT2D eigenvalue weighted by atomic mass is 15.4. The third-order valence-corrected chi connectivity index (χ3v) is 5.91. The van der Waals surface area contributed by atoms with Crippen molar-refractivity contribution in [1.82, 2.24) is 0 Å². The minimum absolute atomic E-state index is 0.404. The second kappa shape index (κ2) is 7.47. The molecule has 0 N–H and O–H groups in total. The van der Waals surface area contributed by atoms with Crippen molar-refractivity contribution in [2.75, 3.05) is 4.90 Å². The van der Waals surface area contributed by atoms with Crippen molar-refractivity contribution in [3.8, 4) is 0 Å². The molecule has 0 spiro atoms. The van der Waals surface area contributed by atoms with Crippen molar-refractivity contribution in [1.29, 1.82) is 0 Å². The van der Waals surface area contributed by atoms with Gasteiger partial charge in [-0.15, -0.1) is 0 Å². The maximum absolute atomic E-state index is 2.66. The molecule has 1 fully saturated rings. The van der Waals surface area contributed by atoms with E-state index in [1.807, 2.05) is 0 Å². The quantitative estimate of drug-likeness (QED) is 0.420. The Labute approximate surface area is 170 Å². The Morgan fingerprint density at radius 1 is 0.643 bits per heavy atom. The van der Waals surface area contributed by atoms with Crippen LogP contribution in [0.1, 0.15) is 79.4 Å². The predicted molar refractivity (Wildman–Crippen MR) is 120 cm³/mol. The zero-order chi connectivity index (χ0) is 19.8. The van der Waals surface area contributed by atoms with Crippen molar-refractivity contribution >= 4 is 5.69 Å². The zero-order valence-corrected chi connectivity index (χ0v) is 17.7. The van der Waals surface area contributed by atoms with Crippen LogP contribution in [-0.2, 0) is 0 Å². The van der Waals surface area contributed by atoms with Crippen molar-refractivity contribution in [2.45, 2.75) is 58.5 Å². The third kappa shape index (κ3) is 3.35. The van der Waals surface area contributed by atoms with Crippen LogP contribution < -0.4 is 4.90 Å². The summed E-state index contributed by atoms with van der Waals surface area (Å²) in [6, 6.07) is 27.6. The molecule has 1 aliphatic heterocycles. The molecule has 4 rings (SSSR count). The molecule has 1 heteroatoms. The Balaban J connectivity index is 1.89. The molecule has 1 nitrogen and oxygen atoms in total. The van der Waals surface area contributed by atoms with E-state index in [1.54, 1.807) is 0 Å². The van der Waals surface area contributed by atoms with Crippen LogP contribution in [0.2, 0.25) is 0 Å². The fourth-order valence-corrected chi connectivity index (χ4v) is 4.51. The van der Waals surface area contributed by atoms with Crippen LogP contribution in [-0.4, -0.2) is 0 Å². The van der Waals surface area contributed by atoms with Gasteiger partial charge in [-0.25, -0.2) is 0 Å². The Morgan fingerprint density at radius 3 is 1.39 bits per heavy atom. The molecule has 1 aliphatic rings. The highest BCUT2D eigenvalue weighted by Crippen LogP contribution is 2.59. The van der Waals surface area contributed by atoms with Crippen LogP contribution in [0.5, 0.6) is 0 Å². The van der Waals surface area contributed by atoms with Crippen LogP contribution in [0.25, 0.3) is 0 Å². The van der Waals surface area contributed by atoms with Crippen LogP contribution in [0, 0.1) is 6.92 Å². The number of benzene rings is 3. The standard InChI is InChI=1S/C27H31N/c1-18(2)23-16-20(5)17-24(19(3)4)27(23)28-25(21-12-8-6-9-13-21)26(28)22-14-10-7-11-15-22/h6-19,25-26H,1-5H3/t25-,26-/m0/s1. The van der Waals surface area contributed by atoms with Crippen LogP contribution in [0.15, 0.2) is 72.8 Å². The van der Waals surface area contributed by atoms with E-state index in [1.165, 1.54) is 33.5 Å². The van der Waals surface area contributed by atoms with E-state index in [0.29, 0.717) is 23.9 Å². The molecule has 144 valence electrons. The lowest BCUT2D eigenvalue weighted by molar-refractivity contribution is 0.825. The number of hydrogen-bond acceptors (Lipinski definition) is 1. The molecule has 0 amide bonds. The first kappa shape index (κ1) is 18.8. The van der Waals surface area contributed by atoms with Crippen molar-refractivity contribution < 1.29 is 0 Å². The average molecular weight is 370 g/mol. The van der Waals surface area contributed by atoms with E-state index < -0.39 is 0 Å². The average Bonchev–Trinajstić information content (AvgIpc) is 3.43. The highest BCUT2D eigenvalue weighted by Gasteiger charge is 2.51. The van der Waals surface area contributed by atoms with E-state index in [2.05, 4.69) is 112 Å². The summed E-state index contributed by atoms with van der Waals surface area (Å²) in [6.07, 6.45) is 0. The van der Waals surface area contributed by atoms with Crippen LogP contribution in [0.4, 0.5) is 5.69 Å². The summed E-state index contributed by atoms with van der Waals surface area (Å²) in [7, 11) is 0. The highest BCUT2D eigenvalue weighted by molar-refractivity contribution is 5.71. The van der Waals surface area contributed by atoms with E-state index >= 15 is 0 Å². The molecule has 1 heterocycles. The summed E-state index contributed by atoms with van der Waals surface area (Å²) in [5.41, 5.74) is 8.58. The number of nitrogens with zero attached hydrogens (tertiary/aromatic N) is 1. The van der Waals surface area contributed by atoms with Crippen molar-refractivity contribution in [3.63, 3.8) is 0 Å². The molecular formula is C27H31N. The first-order valence-electron chi connectivity index (χ1n) is 10.5. The number of rotatable bonds is 5. The van der Waals surface area contributed by atoms with Crippen LogP contribution in [0.3, 0.4) is 0 Å². The van der Waals surface area contributed by atoms with Gasteiger partial charge in [0.1, 0.15) is 0 Å². The molecule has 0 saturated carbocycles. The second-order valence-electron chi connectivity index (χ2n) is 8.72. The summed E-state index contributed by atoms with van der Waals surface area (Å²) in [4.78, 5) is 2.66. The summed E-state index contributed by atoms with van der Waals surface area (Å²) in [5.74, 6) is 1.00. The molecule has 0 aromatic heterocycles. The van der Waals surface area contributed by atoms with Gasteiger partial charge < -0.3 is 4.90 Å². The maximum Gasteiger partial charge on any atom is 0.0796 e. The predicted octanol–water partition coefficient (Wildman–Crippen LogP) is 7.54. The molecule has 0 radical (unpaired) electrons. The number of anilines is 1. The Kier molecular flexibility index (Phi) is 5.02. The van der Waals surface area contributed by atoms with Crippen molar-refractivity contribution in [3.05, 3.63) is 101 Å². The van der Waals surface area contributed by atoms with Gasteiger partial charge in [0.2, 0.25) is 0 Å². The SMILES string of the molecule is Cc1cc(C(C)C)c(N2[C@@H](c3ccccc3)[C@@H]2c2ccccc2)c(C(C)C)c1. The van der Waals surface area contributed by atoms with Gasteiger partial charge in [-0.3, -0.25) is 0 Å². The monoisotopic (exact) mass is 369 g/mol. The van der Waals surface area contributed by atoms with E-state index in [9.17, 15) is 0 Å². The topological polar surface area (TPSA) is 3.01 Å². The molecule has 0 unspecified atom stereocenters. The smallest absolute Gasteiger partial charge is 0.0796 e. The van der Waals surface area contributed by atoms with Crippen molar-refractivity contribution in [2.24, 2.45) is 0 Å². The minimum Gasteiger partial charge on any atom is -0.352 e. The van der Waals surface area contributed by atoms with E-state index in [-0.39, 0.29) is 0 Å². The number of aryl methyl sites for hydroxylation is 1. The molecule has 2 atom stereocenters. The van der Waals surface area contributed by atoms with E-state index in [4.69, 9.17) is 0 Å². The fourth-order valence-electron chi connectivity index (χ4n) is 4.51. The van der Waals surface area contributed by atoms with Gasteiger partial charge in [0.15, 0.2) is 0 Å². The minimum atomic E-state index is 0.404. The molecule has 28 heavy (non-hydrogen) atoms. The molecule has 3 aromatic rings. The third-order valence-electron chi connectivity index (χ3n) is 5.91. The molecule has 0 aliphatic carbocycles. The van der Waals surface area contributed by atoms with Crippen LogP contribution >= 0.6 is 0 Å². The zero-order valence-electron chi connectivity index (χ0n) is 17.7. The summed E-state index contributed by atoms with van der Waals surface area (Å²) >= 11 is 0. The van der Waals surface area contributed by atoms with Gasteiger partial charge >= 0.3 is 0 Å². The lowest BCUT2D eigenvalue weighted by atomic mass is 9.90. The molecule has 3 aromatic carbocycles. The molecule has 1 saturated heterocycles. The lowest BCUT2D eigenvalue weighted by Gasteiger charge is -2.23. The van der Waals surface area contributed by atoms with Gasteiger partial charge in [0, 0.05) is 5.69 Å². The number of hydrogen-bond donors (Lipinski definition) is 0. The van der Waals surface area contributed by atoms with E-state index in [0.717, 1.165) is 0 Å². The molecule has 0 bridgehead atoms. The summed E-state index contributed by atoms with van der Waals surface area (Å²) in [6.45, 7) is 11.5. The van der Waals surface area contributed by atoms with Gasteiger partial charge in [0.05, 0.1) is 12.1 Å². The second-order valence-corrected chi connectivity index (χ2v) is 8.72. The van der Waals surface area contributed by atoms with Gasteiger partial charge in [-0.05, 0) is 41.0 Å². The first-order chi connectivity index (χ1) is 13.5. The van der Waals surface area contributed by atoms with Gasteiger partial charge in [-0.1, -0.05) is 106 Å². The summed E-state index contributed by atoms with van der Waals surface area (Å²) in [5, 5.41) is 0. The first-order valence-corrected chi connectivity index (χ1v) is 10.5. The normalized spacial score (nSPS) is 18.8. The Bertz CT molecular complexity index is 866. The van der Waals surface area contributed by atoms with Gasteiger partial charge in [0.25, 0.3) is 0 Å². The largest absolute Gasteiger partial charge is 0.352 e. The molecular weight excluding hydrogens is 338 g/mol. The maximum atomic E-state index is 2.66. The fraction of sp³-hybridized carbons (Fsp3) is 0.333. The summed E-state index contributed by atoms with van der Waals surface area (Å²) < 4.78 is 0. The Morgan fingerprint density at radius 2 is 1.04 bits per heavy atom. The van der Waals surface area contributed by atoms with Gasteiger partial charge in [-0.2, -0.15) is 0 Å². The Hall–Kier alpha value is -2.54.